The van der Waals surface area contributed by atoms with Crippen molar-refractivity contribution in [2.45, 2.75) is 20.4 Å². The largest absolute Gasteiger partial charge is 0.506 e. The molecule has 2 aromatic rings. The molecule has 0 saturated heterocycles. The van der Waals surface area contributed by atoms with Crippen molar-refractivity contribution >= 4 is 11.6 Å². The van der Waals surface area contributed by atoms with Gasteiger partial charge in [0.25, 0.3) is 5.91 Å². The Labute approximate surface area is 124 Å². The predicted octanol–water partition coefficient (Wildman–Crippen LogP) is 2.46. The summed E-state index contributed by atoms with van der Waals surface area (Å²) in [6.45, 7) is 5.02. The highest BCUT2D eigenvalue weighted by molar-refractivity contribution is 5.94. The fourth-order valence-corrected chi connectivity index (χ4v) is 1.97. The molecule has 0 spiro atoms. The van der Waals surface area contributed by atoms with Crippen molar-refractivity contribution in [2.75, 3.05) is 11.9 Å². The van der Waals surface area contributed by atoms with Gasteiger partial charge in [-0.15, -0.1) is 0 Å². The maximum Gasteiger partial charge on any atom is 0.251 e. The molecule has 5 heteroatoms. The second-order valence-electron chi connectivity index (χ2n) is 4.75. The summed E-state index contributed by atoms with van der Waals surface area (Å²) in [5, 5.41) is 15.2. The molecule has 21 heavy (non-hydrogen) atoms. The third-order valence-electron chi connectivity index (χ3n) is 3.10. The maximum absolute atomic E-state index is 11.8. The van der Waals surface area contributed by atoms with E-state index in [1.54, 1.807) is 18.2 Å². The highest BCUT2D eigenvalue weighted by Crippen LogP contribution is 2.17. The number of carbonyl (C=O) groups is 1. The lowest BCUT2D eigenvalue weighted by atomic mass is 10.1. The van der Waals surface area contributed by atoms with Crippen molar-refractivity contribution in [3.63, 3.8) is 0 Å². The Morgan fingerprint density at radius 2 is 2.10 bits per heavy atom. The second kappa shape index (κ2) is 6.74. The highest BCUT2D eigenvalue weighted by atomic mass is 16.3. The van der Waals surface area contributed by atoms with Crippen LogP contribution < -0.4 is 10.6 Å². The number of carbonyl (C=O) groups excluding carboxylic acids is 1. The van der Waals surface area contributed by atoms with E-state index in [2.05, 4.69) is 15.6 Å². The number of aromatic nitrogens is 1. The van der Waals surface area contributed by atoms with Crippen molar-refractivity contribution in [3.8, 4) is 5.75 Å². The minimum absolute atomic E-state index is 0.0626. The van der Waals surface area contributed by atoms with E-state index in [1.165, 1.54) is 6.20 Å². The van der Waals surface area contributed by atoms with Gasteiger partial charge in [0.2, 0.25) is 0 Å². The number of benzene rings is 1. The molecule has 0 bridgehead atoms. The highest BCUT2D eigenvalue weighted by Gasteiger charge is 2.06. The van der Waals surface area contributed by atoms with Gasteiger partial charge in [-0.3, -0.25) is 9.78 Å². The molecule has 5 nitrogen and oxygen atoms in total. The molecule has 1 aromatic heterocycles. The van der Waals surface area contributed by atoms with Gasteiger partial charge < -0.3 is 15.7 Å². The fourth-order valence-electron chi connectivity index (χ4n) is 1.97. The number of nitrogens with zero attached hydrogens (tertiary/aromatic N) is 1. The van der Waals surface area contributed by atoms with E-state index < -0.39 is 0 Å². The Morgan fingerprint density at radius 1 is 1.29 bits per heavy atom. The molecule has 0 fully saturated rings. The lowest BCUT2D eigenvalue weighted by molar-refractivity contribution is 0.0956. The smallest absolute Gasteiger partial charge is 0.251 e. The van der Waals surface area contributed by atoms with E-state index in [0.717, 1.165) is 16.9 Å². The lowest BCUT2D eigenvalue weighted by Crippen LogP contribution is -2.22. The van der Waals surface area contributed by atoms with Crippen molar-refractivity contribution < 1.29 is 9.90 Å². The number of hydrogen-bond donors (Lipinski definition) is 3. The summed E-state index contributed by atoms with van der Waals surface area (Å²) in [7, 11) is 0. The summed E-state index contributed by atoms with van der Waals surface area (Å²) in [5.41, 5.74) is 3.44. The van der Waals surface area contributed by atoms with Crippen molar-refractivity contribution in [1.82, 2.24) is 10.3 Å². The Hall–Kier alpha value is -2.56. The van der Waals surface area contributed by atoms with Crippen molar-refractivity contribution in [2.24, 2.45) is 0 Å². The van der Waals surface area contributed by atoms with E-state index in [4.69, 9.17) is 0 Å². The van der Waals surface area contributed by atoms with E-state index >= 15 is 0 Å². The van der Waals surface area contributed by atoms with Crippen molar-refractivity contribution in [3.05, 3.63) is 53.3 Å². The molecule has 3 N–H and O–H groups in total. The molecular weight excluding hydrogens is 266 g/mol. The third-order valence-corrected chi connectivity index (χ3v) is 3.10. The number of nitrogens with one attached hydrogen (secondary N) is 2. The van der Waals surface area contributed by atoms with Crippen LogP contribution in [0.15, 0.2) is 36.5 Å². The first kappa shape index (κ1) is 14.8. The van der Waals surface area contributed by atoms with Crippen LogP contribution in [0.4, 0.5) is 5.69 Å². The summed E-state index contributed by atoms with van der Waals surface area (Å²) in [5.74, 6) is 0.0913. The first-order valence-corrected chi connectivity index (χ1v) is 6.86. The number of rotatable bonds is 5. The van der Waals surface area contributed by atoms with Gasteiger partial charge in [-0.05, 0) is 49.7 Å². The van der Waals surface area contributed by atoms with Crippen LogP contribution in [0.1, 0.15) is 28.5 Å². The van der Waals surface area contributed by atoms with E-state index in [-0.39, 0.29) is 11.7 Å². The van der Waals surface area contributed by atoms with Gasteiger partial charge in [0, 0.05) is 17.8 Å². The van der Waals surface area contributed by atoms with Crippen LogP contribution in [0.3, 0.4) is 0 Å². The molecule has 110 valence electrons. The Balaban J connectivity index is 2.04. The molecule has 0 radical (unpaired) electrons. The van der Waals surface area contributed by atoms with Crippen molar-refractivity contribution in [1.29, 1.82) is 0 Å². The zero-order chi connectivity index (χ0) is 15.2. The van der Waals surface area contributed by atoms with Gasteiger partial charge in [-0.25, -0.2) is 0 Å². The summed E-state index contributed by atoms with van der Waals surface area (Å²) >= 11 is 0. The summed E-state index contributed by atoms with van der Waals surface area (Å²) in [6, 6.07) is 8.91. The van der Waals surface area contributed by atoms with Gasteiger partial charge >= 0.3 is 0 Å². The molecule has 1 heterocycles. The molecule has 0 unspecified atom stereocenters. The van der Waals surface area contributed by atoms with Crippen LogP contribution in [0.5, 0.6) is 5.75 Å². The number of aryl methyl sites for hydroxylation is 1. The quantitative estimate of drug-likeness (QED) is 0.789. The zero-order valence-electron chi connectivity index (χ0n) is 12.2. The molecule has 0 aliphatic rings. The van der Waals surface area contributed by atoms with Crippen LogP contribution in [-0.2, 0) is 6.54 Å². The van der Waals surface area contributed by atoms with Gasteiger partial charge in [0.05, 0.1) is 18.4 Å². The molecular formula is C16H19N3O2. The molecule has 0 aliphatic carbocycles. The fraction of sp³-hybridized carbons (Fsp3) is 0.250. The third kappa shape index (κ3) is 3.95. The normalized spacial score (nSPS) is 10.2. The number of anilines is 1. The monoisotopic (exact) mass is 285 g/mol. The Kier molecular flexibility index (Phi) is 4.77. The van der Waals surface area contributed by atoms with Gasteiger partial charge in [0.15, 0.2) is 0 Å². The van der Waals surface area contributed by atoms with E-state index in [9.17, 15) is 9.90 Å². The minimum Gasteiger partial charge on any atom is -0.506 e. The number of pyridine rings is 1. The van der Waals surface area contributed by atoms with E-state index in [1.807, 2.05) is 26.0 Å². The topological polar surface area (TPSA) is 74.2 Å². The summed E-state index contributed by atoms with van der Waals surface area (Å²) in [6.07, 6.45) is 1.42. The molecule has 0 atom stereocenters. The molecule has 0 saturated carbocycles. The second-order valence-corrected chi connectivity index (χ2v) is 4.75. The summed E-state index contributed by atoms with van der Waals surface area (Å²) < 4.78 is 0. The molecule has 1 amide bonds. The number of aromatic hydroxyl groups is 1. The summed E-state index contributed by atoms with van der Waals surface area (Å²) in [4.78, 5) is 15.9. The lowest BCUT2D eigenvalue weighted by Gasteiger charge is -2.11. The Bertz CT molecular complexity index is 624. The van der Waals surface area contributed by atoms with E-state index in [0.29, 0.717) is 18.7 Å². The van der Waals surface area contributed by atoms with Gasteiger partial charge in [-0.2, -0.15) is 0 Å². The minimum atomic E-state index is -0.0626. The van der Waals surface area contributed by atoms with Crippen LogP contribution in [0, 0.1) is 6.92 Å². The molecule has 2 rings (SSSR count). The van der Waals surface area contributed by atoms with Gasteiger partial charge in [-0.1, -0.05) is 0 Å². The zero-order valence-corrected chi connectivity index (χ0v) is 12.2. The van der Waals surface area contributed by atoms with Gasteiger partial charge in [0.1, 0.15) is 5.75 Å². The van der Waals surface area contributed by atoms with Crippen LogP contribution in [-0.4, -0.2) is 22.5 Å². The van der Waals surface area contributed by atoms with Crippen LogP contribution >= 0.6 is 0 Å². The number of hydrogen-bond acceptors (Lipinski definition) is 4. The Morgan fingerprint density at radius 3 is 2.71 bits per heavy atom. The predicted molar refractivity (Wildman–Crippen MR) is 82.4 cm³/mol. The first-order valence-electron chi connectivity index (χ1n) is 6.86. The molecule has 1 aromatic carbocycles. The SMILES string of the molecule is CCNC(=O)c1ccc(NCc2ccc(O)cn2)c(C)c1. The maximum atomic E-state index is 11.8. The first-order chi connectivity index (χ1) is 10.1. The standard InChI is InChI=1S/C16H19N3O2/c1-3-17-16(21)12-4-7-15(11(2)8-12)19-9-13-5-6-14(20)10-18-13/h4-8,10,19-20H,3,9H2,1-2H3,(H,17,21). The molecule has 0 aliphatic heterocycles. The average molecular weight is 285 g/mol. The van der Waals surface area contributed by atoms with Crippen LogP contribution in [0.2, 0.25) is 0 Å². The number of amides is 1. The van der Waals surface area contributed by atoms with Crippen LogP contribution in [0.25, 0.3) is 0 Å². The average Bonchev–Trinajstić information content (AvgIpc) is 2.48.